The van der Waals surface area contributed by atoms with Crippen molar-refractivity contribution in [2.24, 2.45) is 0 Å². The summed E-state index contributed by atoms with van der Waals surface area (Å²) in [5.74, 6) is 0.387. The average Bonchev–Trinajstić information content (AvgIpc) is 2.39. The van der Waals surface area contributed by atoms with Crippen molar-refractivity contribution < 1.29 is 9.59 Å². The van der Waals surface area contributed by atoms with Gasteiger partial charge in [0.15, 0.2) is 0 Å². The van der Waals surface area contributed by atoms with Crippen LogP contribution in [0.1, 0.15) is 52.9 Å². The largest absolute Gasteiger partial charge is 0.310 e. The van der Waals surface area contributed by atoms with Crippen molar-refractivity contribution in [2.45, 2.75) is 58.9 Å². The number of carbonyl (C=O) groups is 2. The SMILES string of the molecule is CC(=O)CCCCCC(=O)N(c1ccccc1)C(C)C. The fourth-order valence-electron chi connectivity index (χ4n) is 2.27. The van der Waals surface area contributed by atoms with Gasteiger partial charge in [0, 0.05) is 24.6 Å². The van der Waals surface area contributed by atoms with E-state index in [1.54, 1.807) is 6.92 Å². The first-order chi connectivity index (χ1) is 9.52. The summed E-state index contributed by atoms with van der Waals surface area (Å²) < 4.78 is 0. The minimum Gasteiger partial charge on any atom is -0.310 e. The number of para-hydroxylation sites is 1. The highest BCUT2D eigenvalue weighted by Gasteiger charge is 2.17. The monoisotopic (exact) mass is 275 g/mol. The van der Waals surface area contributed by atoms with Gasteiger partial charge in [0.25, 0.3) is 0 Å². The van der Waals surface area contributed by atoms with Gasteiger partial charge in [-0.2, -0.15) is 0 Å². The van der Waals surface area contributed by atoms with Gasteiger partial charge in [0.05, 0.1) is 0 Å². The van der Waals surface area contributed by atoms with Crippen molar-refractivity contribution in [1.82, 2.24) is 0 Å². The number of amides is 1. The van der Waals surface area contributed by atoms with E-state index in [9.17, 15) is 9.59 Å². The van der Waals surface area contributed by atoms with Crippen LogP contribution in [-0.4, -0.2) is 17.7 Å². The lowest BCUT2D eigenvalue weighted by molar-refractivity contribution is -0.119. The molecule has 20 heavy (non-hydrogen) atoms. The summed E-state index contributed by atoms with van der Waals surface area (Å²) in [5.41, 5.74) is 0.955. The Bertz CT molecular complexity index is 426. The van der Waals surface area contributed by atoms with Crippen LogP contribution in [0.5, 0.6) is 0 Å². The van der Waals surface area contributed by atoms with Crippen molar-refractivity contribution in [3.8, 4) is 0 Å². The van der Waals surface area contributed by atoms with Crippen LogP contribution in [0.15, 0.2) is 30.3 Å². The van der Waals surface area contributed by atoms with E-state index in [4.69, 9.17) is 0 Å². The number of rotatable bonds is 8. The standard InChI is InChI=1S/C17H25NO2/c1-14(2)18(16-11-7-5-8-12-16)17(20)13-9-4-6-10-15(3)19/h5,7-8,11-12,14H,4,6,9-10,13H2,1-3H3. The number of carbonyl (C=O) groups excluding carboxylic acids is 2. The molecule has 1 amide bonds. The summed E-state index contributed by atoms with van der Waals surface area (Å²) in [6, 6.07) is 9.94. The van der Waals surface area contributed by atoms with E-state index in [0.717, 1.165) is 24.9 Å². The fraction of sp³-hybridized carbons (Fsp3) is 0.529. The topological polar surface area (TPSA) is 37.4 Å². The Balaban J connectivity index is 2.48. The molecule has 0 unspecified atom stereocenters. The van der Waals surface area contributed by atoms with Crippen molar-refractivity contribution in [2.75, 3.05) is 4.90 Å². The van der Waals surface area contributed by atoms with Crippen LogP contribution in [0.25, 0.3) is 0 Å². The zero-order valence-corrected chi connectivity index (χ0v) is 12.8. The first kappa shape index (κ1) is 16.4. The molecule has 0 aliphatic carbocycles. The van der Waals surface area contributed by atoms with Crippen LogP contribution in [0, 0.1) is 0 Å². The Kier molecular flexibility index (Phi) is 6.99. The molecule has 0 spiro atoms. The second-order valence-corrected chi connectivity index (χ2v) is 5.46. The van der Waals surface area contributed by atoms with Crippen LogP contribution < -0.4 is 4.90 Å². The predicted molar refractivity (Wildman–Crippen MR) is 82.8 cm³/mol. The van der Waals surface area contributed by atoms with Crippen molar-refractivity contribution in [3.63, 3.8) is 0 Å². The van der Waals surface area contributed by atoms with E-state index in [2.05, 4.69) is 0 Å². The van der Waals surface area contributed by atoms with Crippen LogP contribution >= 0.6 is 0 Å². The molecule has 1 rings (SSSR count). The van der Waals surface area contributed by atoms with Gasteiger partial charge in [-0.05, 0) is 45.7 Å². The van der Waals surface area contributed by atoms with Gasteiger partial charge < -0.3 is 9.69 Å². The van der Waals surface area contributed by atoms with Crippen molar-refractivity contribution in [1.29, 1.82) is 0 Å². The molecule has 0 saturated heterocycles. The zero-order chi connectivity index (χ0) is 15.0. The maximum Gasteiger partial charge on any atom is 0.227 e. The van der Waals surface area contributed by atoms with Gasteiger partial charge in [-0.25, -0.2) is 0 Å². The Morgan fingerprint density at radius 1 is 1.00 bits per heavy atom. The van der Waals surface area contributed by atoms with Crippen molar-refractivity contribution >= 4 is 17.4 Å². The van der Waals surface area contributed by atoms with Crippen LogP contribution in [0.2, 0.25) is 0 Å². The van der Waals surface area contributed by atoms with Gasteiger partial charge in [-0.3, -0.25) is 4.79 Å². The van der Waals surface area contributed by atoms with Gasteiger partial charge in [-0.1, -0.05) is 24.6 Å². The van der Waals surface area contributed by atoms with Gasteiger partial charge in [0.1, 0.15) is 5.78 Å². The first-order valence-electron chi connectivity index (χ1n) is 7.39. The Morgan fingerprint density at radius 3 is 2.15 bits per heavy atom. The number of hydrogen-bond donors (Lipinski definition) is 0. The molecule has 0 fully saturated rings. The van der Waals surface area contributed by atoms with Gasteiger partial charge in [-0.15, -0.1) is 0 Å². The van der Waals surface area contributed by atoms with Crippen LogP contribution in [0.3, 0.4) is 0 Å². The molecule has 0 heterocycles. The second-order valence-electron chi connectivity index (χ2n) is 5.46. The van der Waals surface area contributed by atoms with E-state index < -0.39 is 0 Å². The van der Waals surface area contributed by atoms with Crippen LogP contribution in [-0.2, 0) is 9.59 Å². The number of benzene rings is 1. The Labute approximate surface area is 122 Å². The lowest BCUT2D eigenvalue weighted by atomic mass is 10.1. The molecule has 3 heteroatoms. The lowest BCUT2D eigenvalue weighted by Gasteiger charge is -2.27. The molecule has 110 valence electrons. The number of anilines is 1. The highest BCUT2D eigenvalue weighted by atomic mass is 16.2. The highest BCUT2D eigenvalue weighted by Crippen LogP contribution is 2.18. The minimum absolute atomic E-state index is 0.155. The number of nitrogens with zero attached hydrogens (tertiary/aromatic N) is 1. The molecule has 0 aliphatic heterocycles. The third kappa shape index (κ3) is 5.55. The van der Waals surface area contributed by atoms with Gasteiger partial charge in [0.2, 0.25) is 5.91 Å². The molecular weight excluding hydrogens is 250 g/mol. The minimum atomic E-state index is 0.155. The molecule has 0 bridgehead atoms. The molecule has 1 aromatic rings. The van der Waals surface area contributed by atoms with E-state index in [1.807, 2.05) is 49.1 Å². The number of unbranched alkanes of at least 4 members (excludes halogenated alkanes) is 2. The maximum atomic E-state index is 12.3. The van der Waals surface area contributed by atoms with E-state index >= 15 is 0 Å². The molecule has 0 aromatic heterocycles. The number of Topliss-reactive ketones (excluding diaryl/α,β-unsaturated/α-hetero) is 1. The molecule has 0 N–H and O–H groups in total. The van der Waals surface area contributed by atoms with Crippen molar-refractivity contribution in [3.05, 3.63) is 30.3 Å². The normalized spacial score (nSPS) is 10.6. The predicted octanol–water partition coefficient (Wildman–Crippen LogP) is 3.97. The molecule has 0 aliphatic rings. The summed E-state index contributed by atoms with van der Waals surface area (Å²) in [7, 11) is 0. The number of hydrogen-bond acceptors (Lipinski definition) is 2. The first-order valence-corrected chi connectivity index (χ1v) is 7.39. The smallest absolute Gasteiger partial charge is 0.227 e. The lowest BCUT2D eigenvalue weighted by Crippen LogP contribution is -2.36. The quantitative estimate of drug-likeness (QED) is 0.673. The molecule has 0 radical (unpaired) electrons. The van der Waals surface area contributed by atoms with Crippen LogP contribution in [0.4, 0.5) is 5.69 Å². The third-order valence-electron chi connectivity index (χ3n) is 3.24. The highest BCUT2D eigenvalue weighted by molar-refractivity contribution is 5.93. The molecular formula is C17H25NO2. The zero-order valence-electron chi connectivity index (χ0n) is 12.8. The summed E-state index contributed by atoms with van der Waals surface area (Å²) in [6.07, 6.45) is 3.84. The van der Waals surface area contributed by atoms with Gasteiger partial charge >= 0.3 is 0 Å². The Hall–Kier alpha value is -1.64. The summed E-state index contributed by atoms with van der Waals surface area (Å²) in [6.45, 7) is 5.67. The summed E-state index contributed by atoms with van der Waals surface area (Å²) in [5, 5.41) is 0. The fourth-order valence-corrected chi connectivity index (χ4v) is 2.27. The molecule has 0 atom stereocenters. The second kappa shape index (κ2) is 8.51. The van der Waals surface area contributed by atoms with E-state index in [-0.39, 0.29) is 17.7 Å². The third-order valence-corrected chi connectivity index (χ3v) is 3.24. The Morgan fingerprint density at radius 2 is 1.60 bits per heavy atom. The molecule has 0 saturated carbocycles. The summed E-state index contributed by atoms with van der Waals surface area (Å²) >= 11 is 0. The van der Waals surface area contributed by atoms with E-state index in [1.165, 1.54) is 0 Å². The maximum absolute atomic E-state index is 12.3. The molecule has 1 aromatic carbocycles. The molecule has 3 nitrogen and oxygen atoms in total. The average molecular weight is 275 g/mol. The summed E-state index contributed by atoms with van der Waals surface area (Å²) in [4.78, 5) is 25.0. The number of ketones is 1. The van der Waals surface area contributed by atoms with E-state index in [0.29, 0.717) is 12.8 Å².